The maximum atomic E-state index is 6.12. The van der Waals surface area contributed by atoms with Gasteiger partial charge in [0.05, 0.1) is 23.1 Å². The molecule has 2 aromatic heterocycles. The van der Waals surface area contributed by atoms with Crippen LogP contribution >= 0.6 is 36.4 Å². The molecule has 3 aromatic carbocycles. The average Bonchev–Trinajstić information content (AvgIpc) is 3.49. The fourth-order valence-corrected chi connectivity index (χ4v) is 4.04. The molecule has 0 bridgehead atoms. The van der Waals surface area contributed by atoms with Gasteiger partial charge in [-0.05, 0) is 66.7 Å². The second kappa shape index (κ2) is 9.89. The number of fused-ring (bicyclic) bond motifs is 2. The summed E-state index contributed by atoms with van der Waals surface area (Å²) in [5.74, 6) is 3.23. The second-order valence-corrected chi connectivity index (χ2v) is 8.01. The van der Waals surface area contributed by atoms with Crippen molar-refractivity contribution in [1.82, 2.24) is 20.3 Å². The van der Waals surface area contributed by atoms with Crippen LogP contribution in [0, 0.1) is 0 Å². The van der Waals surface area contributed by atoms with Gasteiger partial charge in [0, 0.05) is 34.3 Å². The van der Waals surface area contributed by atoms with Crippen molar-refractivity contribution in [3.8, 4) is 22.9 Å². The van der Waals surface area contributed by atoms with Gasteiger partial charge in [0.1, 0.15) is 23.2 Å². The van der Waals surface area contributed by atoms with Gasteiger partial charge < -0.3 is 15.0 Å². The van der Waals surface area contributed by atoms with Crippen LogP contribution in [-0.2, 0) is 0 Å². The van der Waals surface area contributed by atoms with Crippen molar-refractivity contribution in [3.63, 3.8) is 0 Å². The lowest BCUT2D eigenvalue weighted by molar-refractivity contribution is 0.488. The molecule has 0 aliphatic carbocycles. The lowest BCUT2D eigenvalue weighted by Gasteiger charge is -2.09. The number of nitrogens with zero attached hydrogens (tertiary/aromatic N) is 3. The smallest absolute Gasteiger partial charge is 0.138 e. The van der Waals surface area contributed by atoms with E-state index in [0.717, 1.165) is 69.3 Å². The minimum Gasteiger partial charge on any atom is -0.457 e. The fourth-order valence-electron chi connectivity index (χ4n) is 3.88. The number of rotatable bonds is 4. The van der Waals surface area contributed by atoms with Gasteiger partial charge in [0.15, 0.2) is 0 Å². The normalized spacial score (nSPS) is 12.6. The van der Waals surface area contributed by atoms with Crippen LogP contribution in [0.3, 0.4) is 0 Å². The van der Waals surface area contributed by atoms with Gasteiger partial charge in [0.2, 0.25) is 0 Å². The Hall–Kier alpha value is -3.32. The molecule has 6 nitrogen and oxygen atoms in total. The van der Waals surface area contributed by atoms with Gasteiger partial charge in [-0.2, -0.15) is 0 Å². The molecule has 5 aromatic rings. The highest BCUT2D eigenvalue weighted by atomic mass is 35.5. The van der Waals surface area contributed by atoms with Crippen LogP contribution in [0.1, 0.15) is 5.56 Å². The molecule has 6 rings (SSSR count). The maximum Gasteiger partial charge on any atom is 0.138 e. The molecular formula is C25H20Cl3N5O. The molecule has 0 fully saturated rings. The number of nitrogens with one attached hydrogen (secondary N) is 2. The predicted molar refractivity (Wildman–Crippen MR) is 142 cm³/mol. The third-order valence-corrected chi connectivity index (χ3v) is 5.68. The number of hydrogen-bond acceptors (Lipinski definition) is 5. The van der Waals surface area contributed by atoms with E-state index >= 15 is 0 Å². The molecule has 1 aliphatic rings. The van der Waals surface area contributed by atoms with Crippen molar-refractivity contribution in [2.45, 2.75) is 0 Å². The number of ether oxygens (including phenoxy) is 1. The lowest BCUT2D eigenvalue weighted by atomic mass is 10.2. The zero-order chi connectivity index (χ0) is 21.5. The molecule has 34 heavy (non-hydrogen) atoms. The van der Waals surface area contributed by atoms with Gasteiger partial charge >= 0.3 is 0 Å². The van der Waals surface area contributed by atoms with Gasteiger partial charge in [-0.25, -0.2) is 4.98 Å². The largest absolute Gasteiger partial charge is 0.457 e. The van der Waals surface area contributed by atoms with E-state index in [0.29, 0.717) is 5.02 Å². The molecule has 0 radical (unpaired) electrons. The van der Waals surface area contributed by atoms with Crippen molar-refractivity contribution in [1.29, 1.82) is 0 Å². The number of imidazole rings is 1. The summed E-state index contributed by atoms with van der Waals surface area (Å²) < 4.78 is 6.12. The summed E-state index contributed by atoms with van der Waals surface area (Å²) in [5.41, 5.74) is 4.75. The minimum atomic E-state index is 0. The maximum absolute atomic E-state index is 6.12. The third-order valence-electron chi connectivity index (χ3n) is 5.45. The third kappa shape index (κ3) is 4.53. The number of pyridine rings is 1. The molecule has 0 saturated heterocycles. The molecule has 2 N–H and O–H groups in total. The summed E-state index contributed by atoms with van der Waals surface area (Å²) in [5, 5.41) is 4.87. The highest BCUT2D eigenvalue weighted by molar-refractivity contribution is 6.31. The Morgan fingerprint density at radius 2 is 1.68 bits per heavy atom. The van der Waals surface area contributed by atoms with E-state index in [1.54, 1.807) is 6.20 Å². The topological polar surface area (TPSA) is 75.2 Å². The van der Waals surface area contributed by atoms with Gasteiger partial charge in [-0.1, -0.05) is 11.6 Å². The lowest BCUT2D eigenvalue weighted by Crippen LogP contribution is -2.19. The standard InChI is InChI=1S/C25H18ClN5O.2ClH/c26-17-4-7-19-21(14-17)27-10-9-23(19)32-18-5-1-15(2-6-18)25-30-20-8-3-16(13-22(20)31-25)24-28-11-12-29-24;;/h1-10,13-14H,11-12H2,(H,28,29)(H,30,31);2*1H. The highest BCUT2D eigenvalue weighted by Gasteiger charge is 2.12. The Morgan fingerprint density at radius 3 is 2.47 bits per heavy atom. The first kappa shape index (κ1) is 23.8. The van der Waals surface area contributed by atoms with Crippen molar-refractivity contribution in [3.05, 3.63) is 83.5 Å². The van der Waals surface area contributed by atoms with Crippen LogP contribution in [0.4, 0.5) is 0 Å². The van der Waals surface area contributed by atoms with Gasteiger partial charge in [-0.15, -0.1) is 24.8 Å². The zero-order valence-corrected chi connectivity index (χ0v) is 20.2. The Kier molecular flexibility index (Phi) is 6.93. The van der Waals surface area contributed by atoms with Crippen LogP contribution in [0.15, 0.2) is 77.9 Å². The first-order chi connectivity index (χ1) is 15.7. The minimum absolute atomic E-state index is 0. The van der Waals surface area contributed by atoms with E-state index in [2.05, 4.69) is 26.3 Å². The first-order valence-electron chi connectivity index (χ1n) is 10.3. The van der Waals surface area contributed by atoms with E-state index in [1.807, 2.05) is 60.7 Å². The molecule has 0 spiro atoms. The zero-order valence-electron chi connectivity index (χ0n) is 17.8. The Bertz CT molecular complexity index is 1500. The Morgan fingerprint density at radius 1 is 0.853 bits per heavy atom. The number of amidine groups is 1. The van der Waals surface area contributed by atoms with Crippen LogP contribution in [0.25, 0.3) is 33.3 Å². The van der Waals surface area contributed by atoms with Crippen molar-refractivity contribution >= 4 is 64.2 Å². The first-order valence-corrected chi connectivity index (χ1v) is 10.7. The number of hydrogen-bond donors (Lipinski definition) is 2. The molecule has 3 heterocycles. The van der Waals surface area contributed by atoms with Crippen molar-refractivity contribution < 1.29 is 4.74 Å². The van der Waals surface area contributed by atoms with E-state index in [1.165, 1.54) is 0 Å². The molecule has 172 valence electrons. The molecule has 0 amide bonds. The highest BCUT2D eigenvalue weighted by Crippen LogP contribution is 2.31. The number of aliphatic imine (C=N–C) groups is 1. The van der Waals surface area contributed by atoms with Crippen LogP contribution in [0.2, 0.25) is 5.02 Å². The van der Waals surface area contributed by atoms with Crippen LogP contribution in [-0.4, -0.2) is 33.9 Å². The van der Waals surface area contributed by atoms with Gasteiger partial charge in [-0.3, -0.25) is 9.98 Å². The number of aromatic amines is 1. The summed E-state index contributed by atoms with van der Waals surface area (Å²) in [6, 6.07) is 21.5. The average molecular weight is 513 g/mol. The summed E-state index contributed by atoms with van der Waals surface area (Å²) >= 11 is 6.08. The molecule has 0 atom stereocenters. The number of halogens is 3. The number of benzene rings is 3. The summed E-state index contributed by atoms with van der Waals surface area (Å²) in [6.07, 6.45) is 1.72. The predicted octanol–water partition coefficient (Wildman–Crippen LogP) is 6.42. The fraction of sp³-hybridized carbons (Fsp3) is 0.0800. The Labute approximate surface area is 213 Å². The van der Waals surface area contributed by atoms with E-state index < -0.39 is 0 Å². The van der Waals surface area contributed by atoms with Gasteiger partial charge in [0.25, 0.3) is 0 Å². The molecule has 1 aliphatic heterocycles. The summed E-state index contributed by atoms with van der Waals surface area (Å²) in [4.78, 5) is 17.0. The molecule has 0 saturated carbocycles. The molecular weight excluding hydrogens is 493 g/mol. The van der Waals surface area contributed by atoms with E-state index in [-0.39, 0.29) is 24.8 Å². The van der Waals surface area contributed by atoms with E-state index in [4.69, 9.17) is 21.3 Å². The monoisotopic (exact) mass is 511 g/mol. The molecule has 9 heteroatoms. The molecule has 0 unspecified atom stereocenters. The summed E-state index contributed by atoms with van der Waals surface area (Å²) in [6.45, 7) is 1.71. The Balaban J connectivity index is 0.00000137. The quantitative estimate of drug-likeness (QED) is 0.291. The van der Waals surface area contributed by atoms with Crippen LogP contribution in [0.5, 0.6) is 11.5 Å². The number of H-pyrrole nitrogens is 1. The van der Waals surface area contributed by atoms with E-state index in [9.17, 15) is 0 Å². The van der Waals surface area contributed by atoms with Crippen molar-refractivity contribution in [2.75, 3.05) is 13.1 Å². The number of aromatic nitrogens is 3. The second-order valence-electron chi connectivity index (χ2n) is 7.57. The van der Waals surface area contributed by atoms with Crippen LogP contribution < -0.4 is 10.1 Å². The van der Waals surface area contributed by atoms with Crippen molar-refractivity contribution in [2.24, 2.45) is 4.99 Å². The summed E-state index contributed by atoms with van der Waals surface area (Å²) in [7, 11) is 0. The SMILES string of the molecule is Cl.Cl.Clc1ccc2c(Oc3ccc(-c4nc5ccc(C6=NCCN6)cc5[nH]4)cc3)ccnc2c1.